The molecule has 0 aromatic rings. The molecule has 3 heteroatoms. The Kier molecular flexibility index (Phi) is 5.68. The van der Waals surface area contributed by atoms with E-state index in [1.54, 1.807) is 0 Å². The molecule has 2 N–H and O–H groups in total. The van der Waals surface area contributed by atoms with E-state index in [1.165, 1.54) is 32.1 Å². The van der Waals surface area contributed by atoms with Crippen LogP contribution in [0.5, 0.6) is 0 Å². The van der Waals surface area contributed by atoms with Gasteiger partial charge in [0.25, 0.3) is 0 Å². The molecule has 1 amide bonds. The predicted molar refractivity (Wildman–Crippen MR) is 78.8 cm³/mol. The van der Waals surface area contributed by atoms with Crippen molar-refractivity contribution in [3.05, 3.63) is 0 Å². The summed E-state index contributed by atoms with van der Waals surface area (Å²) in [6.07, 6.45) is 10.8. The highest BCUT2D eigenvalue weighted by atomic mass is 16.2. The molecule has 110 valence electrons. The number of nitrogens with two attached hydrogens (primary N) is 1. The van der Waals surface area contributed by atoms with Crippen molar-refractivity contribution in [2.45, 2.75) is 70.8 Å². The van der Waals surface area contributed by atoms with Crippen LogP contribution in [0.3, 0.4) is 0 Å². The van der Waals surface area contributed by atoms with Crippen molar-refractivity contribution < 1.29 is 4.79 Å². The smallest absolute Gasteiger partial charge is 0.225 e. The zero-order valence-electron chi connectivity index (χ0n) is 12.4. The zero-order chi connectivity index (χ0) is 13.7. The maximum absolute atomic E-state index is 12.7. The highest BCUT2D eigenvalue weighted by Gasteiger charge is 2.31. The Hall–Kier alpha value is -0.570. The van der Waals surface area contributed by atoms with Crippen LogP contribution in [-0.4, -0.2) is 29.9 Å². The Morgan fingerprint density at radius 1 is 1.11 bits per heavy atom. The molecule has 0 radical (unpaired) electrons. The second-order valence-electron chi connectivity index (χ2n) is 6.45. The summed E-state index contributed by atoms with van der Waals surface area (Å²) >= 11 is 0. The summed E-state index contributed by atoms with van der Waals surface area (Å²) in [4.78, 5) is 14.8. The zero-order valence-corrected chi connectivity index (χ0v) is 12.4. The number of carbonyl (C=O) groups excluding carboxylic acids is 1. The molecule has 0 spiro atoms. The van der Waals surface area contributed by atoms with E-state index < -0.39 is 0 Å². The van der Waals surface area contributed by atoms with Gasteiger partial charge in [0.1, 0.15) is 0 Å². The van der Waals surface area contributed by atoms with Crippen molar-refractivity contribution in [2.24, 2.45) is 17.6 Å². The minimum absolute atomic E-state index is 0.298. The van der Waals surface area contributed by atoms with Crippen LogP contribution in [0.15, 0.2) is 0 Å². The molecule has 19 heavy (non-hydrogen) atoms. The van der Waals surface area contributed by atoms with E-state index in [4.69, 9.17) is 5.73 Å². The molecule has 1 heterocycles. The van der Waals surface area contributed by atoms with Crippen molar-refractivity contribution in [3.8, 4) is 0 Å². The first-order valence-corrected chi connectivity index (χ1v) is 8.26. The van der Waals surface area contributed by atoms with E-state index in [1.807, 2.05) is 0 Å². The van der Waals surface area contributed by atoms with E-state index in [0.717, 1.165) is 38.8 Å². The van der Waals surface area contributed by atoms with Gasteiger partial charge in [-0.1, -0.05) is 45.4 Å². The van der Waals surface area contributed by atoms with Gasteiger partial charge in [-0.25, -0.2) is 0 Å². The molecule has 1 saturated heterocycles. The summed E-state index contributed by atoms with van der Waals surface area (Å²) in [5.41, 5.74) is 6.14. The number of piperidine rings is 1. The third-order valence-electron chi connectivity index (χ3n) is 5.08. The van der Waals surface area contributed by atoms with Crippen LogP contribution in [0.25, 0.3) is 0 Å². The highest BCUT2D eigenvalue weighted by molar-refractivity contribution is 5.79. The Balaban J connectivity index is 1.90. The molecule has 2 fully saturated rings. The summed E-state index contributed by atoms with van der Waals surface area (Å²) in [6, 6.07) is 0.298. The average Bonchev–Trinajstić information content (AvgIpc) is 2.38. The first-order valence-electron chi connectivity index (χ1n) is 8.26. The first-order chi connectivity index (χ1) is 9.22. The Morgan fingerprint density at radius 2 is 1.74 bits per heavy atom. The van der Waals surface area contributed by atoms with Crippen LogP contribution in [0, 0.1) is 11.8 Å². The fourth-order valence-electron chi connectivity index (χ4n) is 3.64. The number of likely N-dealkylation sites (tertiary alicyclic amines) is 1. The molecule has 2 rings (SSSR count). The van der Waals surface area contributed by atoms with Gasteiger partial charge in [-0.2, -0.15) is 0 Å². The Morgan fingerprint density at radius 3 is 2.37 bits per heavy atom. The normalized spacial score (nSPS) is 30.7. The number of hydrogen-bond donors (Lipinski definition) is 1. The molecule has 1 aliphatic heterocycles. The largest absolute Gasteiger partial charge is 0.342 e. The topological polar surface area (TPSA) is 46.3 Å². The van der Waals surface area contributed by atoms with Gasteiger partial charge in [-0.05, 0) is 25.2 Å². The third-order valence-corrected chi connectivity index (χ3v) is 5.08. The van der Waals surface area contributed by atoms with Crippen LogP contribution in [0.1, 0.15) is 64.7 Å². The van der Waals surface area contributed by atoms with Gasteiger partial charge in [-0.3, -0.25) is 4.79 Å². The number of hydrogen-bond acceptors (Lipinski definition) is 2. The van der Waals surface area contributed by atoms with Crippen LogP contribution < -0.4 is 5.73 Å². The number of nitrogens with zero attached hydrogens (tertiary/aromatic N) is 1. The average molecular weight is 266 g/mol. The first kappa shape index (κ1) is 14.8. The molecule has 1 aliphatic carbocycles. The van der Waals surface area contributed by atoms with Gasteiger partial charge in [-0.15, -0.1) is 0 Å². The van der Waals surface area contributed by atoms with Crippen LogP contribution in [0.2, 0.25) is 0 Å². The molecule has 0 aromatic carbocycles. The SMILES string of the molecule is CCC1CN(C(=O)C2CCCCCCC2)CCC1N. The lowest BCUT2D eigenvalue weighted by atomic mass is 9.87. The lowest BCUT2D eigenvalue weighted by molar-refractivity contribution is -0.138. The maximum Gasteiger partial charge on any atom is 0.225 e. The van der Waals surface area contributed by atoms with Crippen molar-refractivity contribution in [2.75, 3.05) is 13.1 Å². The van der Waals surface area contributed by atoms with Gasteiger partial charge >= 0.3 is 0 Å². The van der Waals surface area contributed by atoms with Gasteiger partial charge in [0.15, 0.2) is 0 Å². The van der Waals surface area contributed by atoms with E-state index in [0.29, 0.717) is 23.8 Å². The molecule has 1 saturated carbocycles. The molecule has 2 aliphatic rings. The van der Waals surface area contributed by atoms with Gasteiger partial charge in [0.2, 0.25) is 5.91 Å². The van der Waals surface area contributed by atoms with Crippen molar-refractivity contribution in [1.29, 1.82) is 0 Å². The second-order valence-corrected chi connectivity index (χ2v) is 6.45. The third kappa shape index (κ3) is 3.95. The molecule has 3 nitrogen and oxygen atoms in total. The van der Waals surface area contributed by atoms with Gasteiger partial charge < -0.3 is 10.6 Å². The minimum Gasteiger partial charge on any atom is -0.342 e. The lowest BCUT2D eigenvalue weighted by Crippen LogP contribution is -2.50. The van der Waals surface area contributed by atoms with E-state index in [2.05, 4.69) is 11.8 Å². The van der Waals surface area contributed by atoms with Crippen LogP contribution in [-0.2, 0) is 4.79 Å². The standard InChI is InChI=1S/C16H30N2O/c1-2-13-12-18(11-10-15(13)17)16(19)14-8-6-4-3-5-7-9-14/h13-15H,2-12,17H2,1H3. The Bertz CT molecular complexity index is 284. The monoisotopic (exact) mass is 266 g/mol. The van der Waals surface area contributed by atoms with E-state index in [9.17, 15) is 4.79 Å². The lowest BCUT2D eigenvalue weighted by Gasteiger charge is -2.38. The quantitative estimate of drug-likeness (QED) is 0.835. The summed E-state index contributed by atoms with van der Waals surface area (Å²) in [5, 5.41) is 0. The van der Waals surface area contributed by atoms with Crippen LogP contribution >= 0.6 is 0 Å². The van der Waals surface area contributed by atoms with Crippen molar-refractivity contribution in [3.63, 3.8) is 0 Å². The van der Waals surface area contributed by atoms with Gasteiger partial charge in [0, 0.05) is 25.0 Å². The minimum atomic E-state index is 0.298. The van der Waals surface area contributed by atoms with Crippen molar-refractivity contribution >= 4 is 5.91 Å². The fraction of sp³-hybridized carbons (Fsp3) is 0.938. The van der Waals surface area contributed by atoms with E-state index in [-0.39, 0.29) is 0 Å². The number of carbonyl (C=O) groups is 1. The summed E-state index contributed by atoms with van der Waals surface area (Å²) in [5.74, 6) is 1.23. The van der Waals surface area contributed by atoms with E-state index >= 15 is 0 Å². The molecular weight excluding hydrogens is 236 g/mol. The molecule has 0 bridgehead atoms. The van der Waals surface area contributed by atoms with Gasteiger partial charge in [0.05, 0.1) is 0 Å². The fourth-order valence-corrected chi connectivity index (χ4v) is 3.64. The van der Waals surface area contributed by atoms with Crippen LogP contribution in [0.4, 0.5) is 0 Å². The predicted octanol–water partition coefficient (Wildman–Crippen LogP) is 2.93. The second kappa shape index (κ2) is 7.28. The summed E-state index contributed by atoms with van der Waals surface area (Å²) < 4.78 is 0. The Labute approximate surface area is 117 Å². The van der Waals surface area contributed by atoms with Crippen molar-refractivity contribution in [1.82, 2.24) is 4.90 Å². The maximum atomic E-state index is 12.7. The number of amides is 1. The number of rotatable bonds is 2. The summed E-state index contributed by atoms with van der Waals surface area (Å²) in [7, 11) is 0. The highest BCUT2D eigenvalue weighted by Crippen LogP contribution is 2.26. The summed E-state index contributed by atoms with van der Waals surface area (Å²) in [6.45, 7) is 3.97. The molecule has 0 aromatic heterocycles. The molecular formula is C16H30N2O. The molecule has 2 atom stereocenters. The molecule has 2 unspecified atom stereocenters.